The molecule has 96 valence electrons. The maximum absolute atomic E-state index is 9.84. The van der Waals surface area contributed by atoms with Gasteiger partial charge in [-0.3, -0.25) is 0 Å². The fraction of sp³-hybridized carbons (Fsp3) is 0.769. The molecule has 4 nitrogen and oxygen atoms in total. The van der Waals surface area contributed by atoms with E-state index >= 15 is 0 Å². The summed E-state index contributed by atoms with van der Waals surface area (Å²) >= 11 is 0. The van der Waals surface area contributed by atoms with Crippen molar-refractivity contribution in [1.82, 2.24) is 9.55 Å². The third kappa shape index (κ3) is 3.07. The number of nitrogens with two attached hydrogens (primary N) is 1. The molecule has 1 heterocycles. The van der Waals surface area contributed by atoms with Gasteiger partial charge in [0.05, 0.1) is 17.6 Å². The smallest absolute Gasteiger partial charge is 0.0951 e. The summed E-state index contributed by atoms with van der Waals surface area (Å²) in [5.41, 5.74) is 7.47. The number of hydrogen-bond donors (Lipinski definition) is 2. The van der Waals surface area contributed by atoms with Crippen molar-refractivity contribution in [2.45, 2.75) is 57.6 Å². The minimum absolute atomic E-state index is 0.328. The normalized spacial score (nSPS) is 18.8. The van der Waals surface area contributed by atoms with Crippen molar-refractivity contribution in [2.75, 3.05) is 6.54 Å². The molecule has 0 saturated carbocycles. The lowest BCUT2D eigenvalue weighted by atomic mass is 9.99. The van der Waals surface area contributed by atoms with Crippen molar-refractivity contribution in [3.05, 3.63) is 17.7 Å². The van der Waals surface area contributed by atoms with E-state index in [1.165, 1.54) is 24.2 Å². The topological polar surface area (TPSA) is 64.1 Å². The molecule has 1 aromatic heterocycles. The van der Waals surface area contributed by atoms with Gasteiger partial charge in [-0.05, 0) is 45.4 Å². The lowest BCUT2D eigenvalue weighted by Crippen LogP contribution is -2.34. The van der Waals surface area contributed by atoms with Gasteiger partial charge in [-0.1, -0.05) is 0 Å². The third-order valence-electron chi connectivity index (χ3n) is 3.66. The van der Waals surface area contributed by atoms with Crippen LogP contribution in [0, 0.1) is 0 Å². The van der Waals surface area contributed by atoms with E-state index < -0.39 is 5.60 Å². The van der Waals surface area contributed by atoms with E-state index in [4.69, 9.17) is 5.73 Å². The molecule has 1 aromatic rings. The number of fused-ring (bicyclic) bond motifs is 1. The molecule has 0 spiro atoms. The lowest BCUT2D eigenvalue weighted by molar-refractivity contribution is 0.0566. The van der Waals surface area contributed by atoms with Gasteiger partial charge in [0.2, 0.25) is 0 Å². The molecule has 0 saturated heterocycles. The van der Waals surface area contributed by atoms with Crippen LogP contribution in [0.1, 0.15) is 44.0 Å². The summed E-state index contributed by atoms with van der Waals surface area (Å²) in [5, 5.41) is 9.84. The number of rotatable bonds is 5. The molecule has 0 bridgehead atoms. The van der Waals surface area contributed by atoms with Crippen LogP contribution in [0.25, 0.3) is 0 Å². The van der Waals surface area contributed by atoms with Gasteiger partial charge in [-0.15, -0.1) is 0 Å². The van der Waals surface area contributed by atoms with Gasteiger partial charge in [0.15, 0.2) is 0 Å². The third-order valence-corrected chi connectivity index (χ3v) is 3.66. The summed E-state index contributed by atoms with van der Waals surface area (Å²) in [6, 6.07) is 0. The van der Waals surface area contributed by atoms with E-state index in [1.54, 1.807) is 6.92 Å². The molecule has 1 unspecified atom stereocenters. The molecule has 0 radical (unpaired) electrons. The molecular weight excluding hydrogens is 214 g/mol. The molecule has 17 heavy (non-hydrogen) atoms. The predicted octanol–water partition coefficient (Wildman–Crippen LogP) is 1.25. The highest BCUT2D eigenvalue weighted by molar-refractivity contribution is 5.16. The molecule has 1 aliphatic carbocycles. The van der Waals surface area contributed by atoms with Crippen LogP contribution in [0.5, 0.6) is 0 Å². The molecule has 4 heteroatoms. The van der Waals surface area contributed by atoms with Gasteiger partial charge in [-0.2, -0.15) is 0 Å². The summed E-state index contributed by atoms with van der Waals surface area (Å²) in [5.74, 6) is 0. The van der Waals surface area contributed by atoms with Gasteiger partial charge in [-0.25, -0.2) is 4.98 Å². The molecule has 1 atom stereocenters. The van der Waals surface area contributed by atoms with Crippen molar-refractivity contribution in [3.8, 4) is 0 Å². The van der Waals surface area contributed by atoms with Gasteiger partial charge < -0.3 is 15.4 Å². The minimum atomic E-state index is -0.722. The molecule has 2 rings (SSSR count). The van der Waals surface area contributed by atoms with E-state index in [0.717, 1.165) is 32.2 Å². The maximum atomic E-state index is 9.84. The first-order chi connectivity index (χ1) is 8.12. The Morgan fingerprint density at radius 2 is 2.24 bits per heavy atom. The van der Waals surface area contributed by atoms with Crippen LogP contribution in [0.3, 0.4) is 0 Å². The molecule has 0 fully saturated rings. The van der Waals surface area contributed by atoms with E-state index in [2.05, 4.69) is 9.55 Å². The van der Waals surface area contributed by atoms with Crippen LogP contribution in [0.15, 0.2) is 6.33 Å². The van der Waals surface area contributed by atoms with Gasteiger partial charge in [0.25, 0.3) is 0 Å². The van der Waals surface area contributed by atoms with E-state index in [0.29, 0.717) is 6.54 Å². The second-order valence-electron chi connectivity index (χ2n) is 5.34. The second kappa shape index (κ2) is 5.19. The van der Waals surface area contributed by atoms with E-state index in [1.807, 2.05) is 6.33 Å². The number of imidazole rings is 1. The summed E-state index contributed by atoms with van der Waals surface area (Å²) in [6.07, 6.45) is 8.48. The molecule has 0 aliphatic heterocycles. The Kier molecular flexibility index (Phi) is 3.84. The highest BCUT2D eigenvalue weighted by atomic mass is 16.3. The van der Waals surface area contributed by atoms with E-state index in [-0.39, 0.29) is 0 Å². The van der Waals surface area contributed by atoms with E-state index in [9.17, 15) is 5.11 Å². The summed E-state index contributed by atoms with van der Waals surface area (Å²) in [6.45, 7) is 3.07. The van der Waals surface area contributed by atoms with Crippen LogP contribution in [0.4, 0.5) is 0 Å². The summed E-state index contributed by atoms with van der Waals surface area (Å²) < 4.78 is 2.25. The number of aliphatic hydroxyl groups is 1. The number of nitrogens with zero attached hydrogens (tertiary/aromatic N) is 2. The zero-order chi connectivity index (χ0) is 12.3. The zero-order valence-electron chi connectivity index (χ0n) is 10.7. The highest BCUT2D eigenvalue weighted by Gasteiger charge is 2.18. The number of aryl methyl sites for hydroxylation is 2. The van der Waals surface area contributed by atoms with Crippen LogP contribution in [-0.4, -0.2) is 26.8 Å². The van der Waals surface area contributed by atoms with Crippen LogP contribution >= 0.6 is 0 Å². The maximum Gasteiger partial charge on any atom is 0.0951 e. The van der Waals surface area contributed by atoms with Crippen LogP contribution in [0.2, 0.25) is 0 Å². The molecule has 0 amide bonds. The van der Waals surface area contributed by atoms with Gasteiger partial charge >= 0.3 is 0 Å². The zero-order valence-corrected chi connectivity index (χ0v) is 10.7. The molecule has 1 aliphatic rings. The molecular formula is C13H23N3O. The highest BCUT2D eigenvalue weighted by Crippen LogP contribution is 2.20. The standard InChI is InChI=1S/C13H23N3O/c1-13(17,9-14)7-4-8-16-10-15-11-5-2-3-6-12(11)16/h10,17H,2-9,14H2,1H3. The first-order valence-electron chi connectivity index (χ1n) is 6.58. The fourth-order valence-electron chi connectivity index (χ4n) is 2.46. The van der Waals surface area contributed by atoms with Crippen molar-refractivity contribution in [1.29, 1.82) is 0 Å². The Balaban J connectivity index is 1.89. The average molecular weight is 237 g/mol. The quantitative estimate of drug-likeness (QED) is 0.810. The van der Waals surface area contributed by atoms with Crippen molar-refractivity contribution < 1.29 is 5.11 Å². The fourth-order valence-corrected chi connectivity index (χ4v) is 2.46. The molecule has 3 N–H and O–H groups in total. The Bertz CT molecular complexity index is 371. The number of aromatic nitrogens is 2. The van der Waals surface area contributed by atoms with Crippen LogP contribution < -0.4 is 5.73 Å². The Morgan fingerprint density at radius 1 is 1.47 bits per heavy atom. The Morgan fingerprint density at radius 3 is 3.00 bits per heavy atom. The van der Waals surface area contributed by atoms with Crippen molar-refractivity contribution in [3.63, 3.8) is 0 Å². The SMILES string of the molecule is CC(O)(CN)CCCn1cnc2c1CCCC2. The minimum Gasteiger partial charge on any atom is -0.389 e. The largest absolute Gasteiger partial charge is 0.389 e. The Labute approximate surface area is 103 Å². The van der Waals surface area contributed by atoms with Crippen LogP contribution in [-0.2, 0) is 19.4 Å². The van der Waals surface area contributed by atoms with Crippen molar-refractivity contribution in [2.24, 2.45) is 5.73 Å². The summed E-state index contributed by atoms with van der Waals surface area (Å²) in [4.78, 5) is 4.47. The number of hydrogen-bond acceptors (Lipinski definition) is 3. The first-order valence-corrected chi connectivity index (χ1v) is 6.58. The van der Waals surface area contributed by atoms with Gasteiger partial charge in [0.1, 0.15) is 0 Å². The lowest BCUT2D eigenvalue weighted by Gasteiger charge is -2.21. The second-order valence-corrected chi connectivity index (χ2v) is 5.34. The predicted molar refractivity (Wildman–Crippen MR) is 67.8 cm³/mol. The first kappa shape index (κ1) is 12.6. The van der Waals surface area contributed by atoms with Gasteiger partial charge in [0, 0.05) is 18.8 Å². The average Bonchev–Trinajstić information content (AvgIpc) is 2.73. The molecule has 0 aromatic carbocycles. The summed E-state index contributed by atoms with van der Waals surface area (Å²) in [7, 11) is 0. The Hall–Kier alpha value is -0.870. The van der Waals surface area contributed by atoms with Crippen molar-refractivity contribution >= 4 is 0 Å². The monoisotopic (exact) mass is 237 g/mol.